The zero-order valence-corrected chi connectivity index (χ0v) is 12.0. The molecule has 6 heteroatoms. The molecule has 20 heavy (non-hydrogen) atoms. The minimum absolute atomic E-state index is 0.0658. The first-order valence-corrected chi connectivity index (χ1v) is 7.55. The maximum Gasteiger partial charge on any atom is 0.317 e. The van der Waals surface area contributed by atoms with Gasteiger partial charge in [0.1, 0.15) is 0 Å². The van der Waals surface area contributed by atoms with E-state index in [0.29, 0.717) is 13.1 Å². The Bertz CT molecular complexity index is 362. The van der Waals surface area contributed by atoms with E-state index in [1.165, 1.54) is 0 Å². The number of carboxylic acids is 1. The second-order valence-electron chi connectivity index (χ2n) is 5.97. The van der Waals surface area contributed by atoms with E-state index >= 15 is 0 Å². The summed E-state index contributed by atoms with van der Waals surface area (Å²) in [5.74, 6) is -0.509. The van der Waals surface area contributed by atoms with Crippen LogP contribution < -0.4 is 5.73 Å². The third kappa shape index (κ3) is 4.18. The molecule has 6 nitrogen and oxygen atoms in total. The molecule has 0 aromatic carbocycles. The number of nitrogens with zero attached hydrogens (tertiary/aromatic N) is 2. The molecule has 3 N–H and O–H groups in total. The Kier molecular flexibility index (Phi) is 5.37. The molecule has 2 atom stereocenters. The van der Waals surface area contributed by atoms with Gasteiger partial charge in [0, 0.05) is 38.1 Å². The highest BCUT2D eigenvalue weighted by atomic mass is 16.4. The molecular formula is C14H25N3O3. The van der Waals surface area contributed by atoms with Crippen molar-refractivity contribution in [1.29, 1.82) is 0 Å². The Morgan fingerprint density at radius 2 is 1.90 bits per heavy atom. The molecule has 2 aliphatic rings. The first-order chi connectivity index (χ1) is 9.56. The van der Waals surface area contributed by atoms with Crippen LogP contribution in [0.2, 0.25) is 0 Å². The standard InChI is InChI=1S/C14H25N3O3/c15-12-4-1-3-11(9-12)14(20)17-6-2-5-16(7-8-17)10-13(18)19/h11-12H,1-10,15H2,(H,18,19). The number of carboxylic acid groups (broad SMARTS) is 1. The summed E-state index contributed by atoms with van der Waals surface area (Å²) < 4.78 is 0. The minimum atomic E-state index is -0.803. The van der Waals surface area contributed by atoms with E-state index < -0.39 is 5.97 Å². The molecule has 1 saturated carbocycles. The Morgan fingerprint density at radius 3 is 2.60 bits per heavy atom. The quantitative estimate of drug-likeness (QED) is 0.768. The molecule has 1 heterocycles. The highest BCUT2D eigenvalue weighted by Crippen LogP contribution is 2.25. The number of nitrogens with two attached hydrogens (primary N) is 1. The lowest BCUT2D eigenvalue weighted by atomic mass is 9.85. The lowest BCUT2D eigenvalue weighted by Crippen LogP contribution is -2.42. The summed E-state index contributed by atoms with van der Waals surface area (Å²) in [7, 11) is 0. The number of aliphatic carboxylic acids is 1. The molecule has 1 saturated heterocycles. The van der Waals surface area contributed by atoms with Crippen molar-refractivity contribution in [1.82, 2.24) is 9.80 Å². The fourth-order valence-corrected chi connectivity index (χ4v) is 3.25. The summed E-state index contributed by atoms with van der Waals surface area (Å²) in [6.45, 7) is 2.84. The van der Waals surface area contributed by atoms with Gasteiger partial charge in [0.15, 0.2) is 0 Å². The highest BCUT2D eigenvalue weighted by molar-refractivity contribution is 5.79. The average molecular weight is 283 g/mol. The molecule has 2 rings (SSSR count). The summed E-state index contributed by atoms with van der Waals surface area (Å²) in [6, 6.07) is 0.160. The molecule has 1 amide bonds. The smallest absolute Gasteiger partial charge is 0.317 e. The van der Waals surface area contributed by atoms with Crippen LogP contribution in [0.25, 0.3) is 0 Å². The van der Waals surface area contributed by atoms with E-state index in [1.54, 1.807) is 0 Å². The largest absolute Gasteiger partial charge is 0.480 e. The van der Waals surface area contributed by atoms with E-state index in [1.807, 2.05) is 9.80 Å². The van der Waals surface area contributed by atoms with E-state index in [-0.39, 0.29) is 24.4 Å². The number of carbonyl (C=O) groups excluding carboxylic acids is 1. The number of rotatable bonds is 3. The second-order valence-corrected chi connectivity index (χ2v) is 5.97. The Balaban J connectivity index is 1.86. The van der Waals surface area contributed by atoms with E-state index in [0.717, 1.165) is 45.2 Å². The molecule has 0 aromatic rings. The van der Waals surface area contributed by atoms with E-state index in [4.69, 9.17) is 10.8 Å². The monoisotopic (exact) mass is 283 g/mol. The Labute approximate surface area is 119 Å². The van der Waals surface area contributed by atoms with Crippen LogP contribution in [0.5, 0.6) is 0 Å². The van der Waals surface area contributed by atoms with Crippen molar-refractivity contribution >= 4 is 11.9 Å². The average Bonchev–Trinajstić information content (AvgIpc) is 2.63. The van der Waals surface area contributed by atoms with E-state index in [2.05, 4.69) is 0 Å². The van der Waals surface area contributed by atoms with Crippen LogP contribution in [-0.4, -0.2) is 65.5 Å². The predicted octanol–water partition coefficient (Wildman–Crippen LogP) is 0.123. The maximum atomic E-state index is 12.5. The third-order valence-corrected chi connectivity index (χ3v) is 4.32. The van der Waals surface area contributed by atoms with Crippen molar-refractivity contribution in [3.8, 4) is 0 Å². The maximum absolute atomic E-state index is 12.5. The van der Waals surface area contributed by atoms with Crippen molar-refractivity contribution < 1.29 is 14.7 Å². The van der Waals surface area contributed by atoms with Crippen molar-refractivity contribution in [2.75, 3.05) is 32.7 Å². The molecular weight excluding hydrogens is 258 g/mol. The van der Waals surface area contributed by atoms with Crippen LogP contribution in [0.4, 0.5) is 0 Å². The van der Waals surface area contributed by atoms with Gasteiger partial charge in [-0.1, -0.05) is 6.42 Å². The van der Waals surface area contributed by atoms with Gasteiger partial charge in [-0.2, -0.15) is 0 Å². The van der Waals surface area contributed by atoms with Crippen molar-refractivity contribution in [3.05, 3.63) is 0 Å². The molecule has 0 radical (unpaired) electrons. The van der Waals surface area contributed by atoms with Crippen LogP contribution >= 0.6 is 0 Å². The molecule has 0 aromatic heterocycles. The molecule has 114 valence electrons. The van der Waals surface area contributed by atoms with Gasteiger partial charge >= 0.3 is 5.97 Å². The van der Waals surface area contributed by atoms with E-state index in [9.17, 15) is 9.59 Å². The van der Waals surface area contributed by atoms with Gasteiger partial charge in [-0.15, -0.1) is 0 Å². The lowest BCUT2D eigenvalue weighted by Gasteiger charge is -2.30. The van der Waals surface area contributed by atoms with Gasteiger partial charge in [0.05, 0.1) is 6.54 Å². The van der Waals surface area contributed by atoms with Crippen LogP contribution in [0.15, 0.2) is 0 Å². The van der Waals surface area contributed by atoms with Crippen molar-refractivity contribution in [2.24, 2.45) is 11.7 Å². The van der Waals surface area contributed by atoms with Crippen LogP contribution in [0.3, 0.4) is 0 Å². The van der Waals surface area contributed by atoms with Gasteiger partial charge in [0.25, 0.3) is 0 Å². The van der Waals surface area contributed by atoms with Crippen LogP contribution in [-0.2, 0) is 9.59 Å². The fraction of sp³-hybridized carbons (Fsp3) is 0.857. The fourth-order valence-electron chi connectivity index (χ4n) is 3.25. The van der Waals surface area contributed by atoms with Gasteiger partial charge in [-0.25, -0.2) is 0 Å². The third-order valence-electron chi connectivity index (χ3n) is 4.32. The van der Waals surface area contributed by atoms with Gasteiger partial charge in [-0.3, -0.25) is 14.5 Å². The summed E-state index contributed by atoms with van der Waals surface area (Å²) in [5, 5.41) is 8.83. The summed E-state index contributed by atoms with van der Waals surface area (Å²) in [4.78, 5) is 27.1. The SMILES string of the molecule is NC1CCCC(C(=O)N2CCCN(CC(=O)O)CC2)C1. The minimum Gasteiger partial charge on any atom is -0.480 e. The molecule has 1 aliphatic heterocycles. The topological polar surface area (TPSA) is 86.9 Å². The van der Waals surface area contributed by atoms with Crippen molar-refractivity contribution in [3.63, 3.8) is 0 Å². The second kappa shape index (κ2) is 7.04. The van der Waals surface area contributed by atoms with Crippen LogP contribution in [0.1, 0.15) is 32.1 Å². The van der Waals surface area contributed by atoms with Gasteiger partial charge in [-0.05, 0) is 25.7 Å². The zero-order valence-electron chi connectivity index (χ0n) is 12.0. The molecule has 0 spiro atoms. The zero-order chi connectivity index (χ0) is 14.5. The molecule has 0 bridgehead atoms. The normalized spacial score (nSPS) is 28.9. The molecule has 2 fully saturated rings. The summed E-state index contributed by atoms with van der Waals surface area (Å²) in [6.07, 6.45) is 4.65. The lowest BCUT2D eigenvalue weighted by molar-refractivity contribution is -0.138. The molecule has 2 unspecified atom stereocenters. The van der Waals surface area contributed by atoms with Crippen molar-refractivity contribution in [2.45, 2.75) is 38.1 Å². The summed E-state index contributed by atoms with van der Waals surface area (Å²) in [5.41, 5.74) is 5.96. The predicted molar refractivity (Wildman–Crippen MR) is 75.2 cm³/mol. The molecule has 1 aliphatic carbocycles. The number of carbonyl (C=O) groups is 2. The summed E-state index contributed by atoms with van der Waals surface area (Å²) >= 11 is 0. The van der Waals surface area contributed by atoms with Gasteiger partial charge in [0.2, 0.25) is 5.91 Å². The highest BCUT2D eigenvalue weighted by Gasteiger charge is 2.30. The van der Waals surface area contributed by atoms with Gasteiger partial charge < -0.3 is 15.7 Å². The Hall–Kier alpha value is -1.14. The Morgan fingerprint density at radius 1 is 1.10 bits per heavy atom. The number of hydrogen-bond donors (Lipinski definition) is 2. The van der Waals surface area contributed by atoms with Crippen LogP contribution in [0, 0.1) is 5.92 Å². The first-order valence-electron chi connectivity index (χ1n) is 7.55. The number of amides is 1. The number of hydrogen-bond acceptors (Lipinski definition) is 4. The first kappa shape index (κ1) is 15.3.